The van der Waals surface area contributed by atoms with Crippen LogP contribution >= 0.6 is 0 Å². The normalized spacial score (nSPS) is 10.5. The van der Waals surface area contributed by atoms with Gasteiger partial charge < -0.3 is 4.98 Å². The monoisotopic (exact) mass is 274 g/mol. The van der Waals surface area contributed by atoms with Gasteiger partial charge in [0.05, 0.1) is 17.3 Å². The highest BCUT2D eigenvalue weighted by Crippen LogP contribution is 2.32. The first-order valence-corrected chi connectivity index (χ1v) is 6.72. The molecular formula is C18H14N2O. The Labute approximate surface area is 122 Å². The zero-order valence-corrected chi connectivity index (χ0v) is 11.9. The number of nitrogens with zero attached hydrogens (tertiary/aromatic N) is 1. The van der Waals surface area contributed by atoms with Gasteiger partial charge in [-0.3, -0.25) is 4.79 Å². The standard InChI is InChI=1S/C18H14N2O/c1-11-3-4-12(2)14(7-11)18-16(10-21)15-8-13(9-19)5-6-17(15)20-18/h3-8,10,20H,1-2H3. The second-order valence-electron chi connectivity index (χ2n) is 5.22. The van der Waals surface area contributed by atoms with Crippen LogP contribution in [0.1, 0.15) is 27.0 Å². The van der Waals surface area contributed by atoms with Gasteiger partial charge in [0, 0.05) is 22.0 Å². The van der Waals surface area contributed by atoms with E-state index in [1.165, 1.54) is 0 Å². The molecule has 0 spiro atoms. The molecule has 0 aliphatic heterocycles. The van der Waals surface area contributed by atoms with Crippen LogP contribution in [0, 0.1) is 25.2 Å². The molecule has 3 heteroatoms. The van der Waals surface area contributed by atoms with Gasteiger partial charge in [0.15, 0.2) is 6.29 Å². The fourth-order valence-corrected chi connectivity index (χ4v) is 2.62. The molecule has 0 saturated carbocycles. The Morgan fingerprint density at radius 2 is 1.95 bits per heavy atom. The predicted molar refractivity (Wildman–Crippen MR) is 83.3 cm³/mol. The number of hydrogen-bond donors (Lipinski definition) is 1. The number of H-pyrrole nitrogens is 1. The molecule has 1 N–H and O–H groups in total. The van der Waals surface area contributed by atoms with E-state index >= 15 is 0 Å². The highest BCUT2D eigenvalue weighted by Gasteiger charge is 2.14. The van der Waals surface area contributed by atoms with Crippen LogP contribution in [0.3, 0.4) is 0 Å². The molecule has 0 bridgehead atoms. The van der Waals surface area contributed by atoms with Crippen molar-refractivity contribution in [2.24, 2.45) is 0 Å². The molecule has 0 atom stereocenters. The number of rotatable bonds is 2. The van der Waals surface area contributed by atoms with Crippen molar-refractivity contribution in [3.05, 3.63) is 58.7 Å². The minimum Gasteiger partial charge on any atom is -0.354 e. The first-order valence-electron chi connectivity index (χ1n) is 6.72. The number of aryl methyl sites for hydroxylation is 2. The van der Waals surface area contributed by atoms with Gasteiger partial charge >= 0.3 is 0 Å². The first-order chi connectivity index (χ1) is 10.1. The van der Waals surface area contributed by atoms with Crippen LogP contribution in [-0.4, -0.2) is 11.3 Å². The number of carbonyl (C=O) groups is 1. The van der Waals surface area contributed by atoms with Crippen LogP contribution in [0.4, 0.5) is 0 Å². The lowest BCUT2D eigenvalue weighted by molar-refractivity contribution is 0.112. The van der Waals surface area contributed by atoms with Gasteiger partial charge in [0.1, 0.15) is 0 Å². The summed E-state index contributed by atoms with van der Waals surface area (Å²) in [7, 11) is 0. The number of nitrogens with one attached hydrogen (secondary N) is 1. The Morgan fingerprint density at radius 1 is 1.14 bits per heavy atom. The second-order valence-corrected chi connectivity index (χ2v) is 5.22. The van der Waals surface area contributed by atoms with E-state index in [1.807, 2.05) is 26.0 Å². The molecule has 3 aromatic rings. The lowest BCUT2D eigenvalue weighted by Gasteiger charge is -2.06. The quantitative estimate of drug-likeness (QED) is 0.714. The Balaban J connectivity index is 2.35. The van der Waals surface area contributed by atoms with Crippen molar-refractivity contribution in [2.45, 2.75) is 13.8 Å². The number of nitriles is 1. The maximum Gasteiger partial charge on any atom is 0.152 e. The van der Waals surface area contributed by atoms with E-state index in [1.54, 1.807) is 12.1 Å². The third-order valence-corrected chi connectivity index (χ3v) is 3.75. The van der Waals surface area contributed by atoms with Crippen molar-refractivity contribution in [3.63, 3.8) is 0 Å². The van der Waals surface area contributed by atoms with Gasteiger partial charge in [-0.2, -0.15) is 5.26 Å². The lowest BCUT2D eigenvalue weighted by atomic mass is 9.99. The fraction of sp³-hybridized carbons (Fsp3) is 0.111. The smallest absolute Gasteiger partial charge is 0.152 e. The maximum atomic E-state index is 11.6. The SMILES string of the molecule is Cc1ccc(C)c(-c2[nH]c3ccc(C#N)cc3c2C=O)c1. The highest BCUT2D eigenvalue weighted by atomic mass is 16.1. The number of carbonyl (C=O) groups excluding carboxylic acids is 1. The van der Waals surface area contributed by atoms with Crippen LogP contribution < -0.4 is 0 Å². The van der Waals surface area contributed by atoms with Crippen molar-refractivity contribution >= 4 is 17.2 Å². The molecule has 0 saturated heterocycles. The Hall–Kier alpha value is -2.86. The summed E-state index contributed by atoms with van der Waals surface area (Å²) in [6.07, 6.45) is 0.858. The van der Waals surface area contributed by atoms with Crippen LogP contribution in [0.2, 0.25) is 0 Å². The molecule has 1 heterocycles. The van der Waals surface area contributed by atoms with Crippen molar-refractivity contribution in [2.75, 3.05) is 0 Å². The minimum atomic E-state index is 0.553. The Bertz CT molecular complexity index is 897. The van der Waals surface area contributed by atoms with Crippen molar-refractivity contribution < 1.29 is 4.79 Å². The Kier molecular flexibility index (Phi) is 3.08. The van der Waals surface area contributed by atoms with E-state index in [2.05, 4.69) is 23.2 Å². The fourth-order valence-electron chi connectivity index (χ4n) is 2.62. The number of aldehydes is 1. The summed E-state index contributed by atoms with van der Waals surface area (Å²) in [5.41, 5.74) is 6.11. The maximum absolute atomic E-state index is 11.6. The third-order valence-electron chi connectivity index (χ3n) is 3.75. The van der Waals surface area contributed by atoms with E-state index in [-0.39, 0.29) is 0 Å². The molecule has 0 unspecified atom stereocenters. The Morgan fingerprint density at radius 3 is 2.67 bits per heavy atom. The van der Waals surface area contributed by atoms with Crippen molar-refractivity contribution in [1.29, 1.82) is 5.26 Å². The van der Waals surface area contributed by atoms with Crippen molar-refractivity contribution in [1.82, 2.24) is 4.98 Å². The molecule has 0 aliphatic carbocycles. The third kappa shape index (κ3) is 2.11. The summed E-state index contributed by atoms with van der Waals surface area (Å²) in [6, 6.07) is 13.6. The van der Waals surface area contributed by atoms with E-state index in [4.69, 9.17) is 5.26 Å². The summed E-state index contributed by atoms with van der Waals surface area (Å²) in [5, 5.41) is 9.81. The summed E-state index contributed by atoms with van der Waals surface area (Å²) >= 11 is 0. The van der Waals surface area contributed by atoms with E-state index in [0.717, 1.165) is 39.6 Å². The van der Waals surface area contributed by atoms with Gasteiger partial charge in [-0.1, -0.05) is 17.7 Å². The molecule has 3 rings (SSSR count). The number of hydrogen-bond acceptors (Lipinski definition) is 2. The predicted octanol–water partition coefficient (Wildman–Crippen LogP) is 4.14. The van der Waals surface area contributed by atoms with Crippen LogP contribution in [0.25, 0.3) is 22.2 Å². The topological polar surface area (TPSA) is 56.6 Å². The lowest BCUT2D eigenvalue weighted by Crippen LogP contribution is -1.89. The van der Waals surface area contributed by atoms with Crippen LogP contribution in [0.5, 0.6) is 0 Å². The van der Waals surface area contributed by atoms with Gasteiger partial charge in [-0.25, -0.2) is 0 Å². The first kappa shape index (κ1) is 13.1. The van der Waals surface area contributed by atoms with Crippen LogP contribution in [-0.2, 0) is 0 Å². The minimum absolute atomic E-state index is 0.553. The second kappa shape index (κ2) is 4.92. The van der Waals surface area contributed by atoms with Gasteiger partial charge in [0.25, 0.3) is 0 Å². The van der Waals surface area contributed by atoms with Crippen molar-refractivity contribution in [3.8, 4) is 17.3 Å². The summed E-state index contributed by atoms with van der Waals surface area (Å²) in [4.78, 5) is 14.9. The highest BCUT2D eigenvalue weighted by molar-refractivity contribution is 6.05. The molecule has 0 amide bonds. The van der Waals surface area contributed by atoms with Gasteiger partial charge in [-0.05, 0) is 43.7 Å². The van der Waals surface area contributed by atoms with Gasteiger partial charge in [0.2, 0.25) is 0 Å². The molecule has 0 aliphatic rings. The molecule has 0 fully saturated rings. The zero-order chi connectivity index (χ0) is 15.0. The summed E-state index contributed by atoms with van der Waals surface area (Å²) < 4.78 is 0. The summed E-state index contributed by atoms with van der Waals surface area (Å²) in [6.45, 7) is 4.05. The molecule has 0 radical (unpaired) electrons. The molecule has 102 valence electrons. The van der Waals surface area contributed by atoms with E-state index in [0.29, 0.717) is 11.1 Å². The number of aromatic nitrogens is 1. The molecular weight excluding hydrogens is 260 g/mol. The molecule has 3 nitrogen and oxygen atoms in total. The number of fused-ring (bicyclic) bond motifs is 1. The molecule has 21 heavy (non-hydrogen) atoms. The molecule has 2 aromatic carbocycles. The number of aromatic amines is 1. The average molecular weight is 274 g/mol. The zero-order valence-electron chi connectivity index (χ0n) is 11.9. The van der Waals surface area contributed by atoms with Gasteiger partial charge in [-0.15, -0.1) is 0 Å². The summed E-state index contributed by atoms with van der Waals surface area (Å²) in [5.74, 6) is 0. The van der Waals surface area contributed by atoms with E-state index < -0.39 is 0 Å². The van der Waals surface area contributed by atoms with Crippen LogP contribution in [0.15, 0.2) is 36.4 Å². The molecule has 1 aromatic heterocycles. The largest absolute Gasteiger partial charge is 0.354 e. The van der Waals surface area contributed by atoms with E-state index in [9.17, 15) is 4.79 Å². The number of benzene rings is 2. The average Bonchev–Trinajstić information content (AvgIpc) is 2.86.